The van der Waals surface area contributed by atoms with Gasteiger partial charge in [0.05, 0.1) is 0 Å². The first-order valence-electron chi connectivity index (χ1n) is 5.93. The fourth-order valence-corrected chi connectivity index (χ4v) is 2.53. The number of phenolic OH excluding ortho intramolecular Hbond substituents is 1. The Hall–Kier alpha value is -1.06. The van der Waals surface area contributed by atoms with E-state index in [4.69, 9.17) is 5.73 Å². The normalized spacial score (nSPS) is 30.2. The lowest BCUT2D eigenvalue weighted by atomic mass is 9.79. The Morgan fingerprint density at radius 2 is 2.06 bits per heavy atom. The van der Waals surface area contributed by atoms with Crippen molar-refractivity contribution in [1.29, 1.82) is 0 Å². The lowest BCUT2D eigenvalue weighted by Crippen LogP contribution is -2.44. The molecule has 0 aromatic heterocycles. The molecule has 1 aliphatic heterocycles. The molecule has 0 amide bonds. The van der Waals surface area contributed by atoms with Gasteiger partial charge in [-0.15, -0.1) is 0 Å². The second-order valence-electron chi connectivity index (χ2n) is 4.74. The SMILES string of the molecule is CC1CC(c2ccc(O)cc2)C(CN)CN1. The lowest BCUT2D eigenvalue weighted by molar-refractivity contribution is 0.285. The highest BCUT2D eigenvalue weighted by Crippen LogP contribution is 2.32. The number of benzene rings is 1. The molecule has 3 atom stereocenters. The molecule has 16 heavy (non-hydrogen) atoms. The number of aromatic hydroxyl groups is 1. The third kappa shape index (κ3) is 2.36. The Balaban J connectivity index is 2.18. The summed E-state index contributed by atoms with van der Waals surface area (Å²) in [4.78, 5) is 0. The van der Waals surface area contributed by atoms with Crippen LogP contribution in [0.2, 0.25) is 0 Å². The molecule has 88 valence electrons. The van der Waals surface area contributed by atoms with Crippen LogP contribution in [-0.4, -0.2) is 24.2 Å². The van der Waals surface area contributed by atoms with Crippen molar-refractivity contribution < 1.29 is 5.11 Å². The van der Waals surface area contributed by atoms with E-state index in [1.807, 2.05) is 12.1 Å². The molecule has 1 aromatic carbocycles. The Bertz CT molecular complexity index is 336. The van der Waals surface area contributed by atoms with E-state index >= 15 is 0 Å². The fraction of sp³-hybridized carbons (Fsp3) is 0.538. The van der Waals surface area contributed by atoms with Crippen molar-refractivity contribution in [3.63, 3.8) is 0 Å². The zero-order valence-electron chi connectivity index (χ0n) is 9.69. The van der Waals surface area contributed by atoms with Crippen LogP contribution in [0.5, 0.6) is 5.75 Å². The molecule has 2 rings (SSSR count). The number of phenols is 1. The topological polar surface area (TPSA) is 58.3 Å². The minimum Gasteiger partial charge on any atom is -0.508 e. The number of nitrogens with two attached hydrogens (primary N) is 1. The predicted octanol–water partition coefficient (Wildman–Crippen LogP) is 1.43. The summed E-state index contributed by atoms with van der Waals surface area (Å²) in [6.45, 7) is 3.91. The Morgan fingerprint density at radius 3 is 2.69 bits per heavy atom. The van der Waals surface area contributed by atoms with Crippen molar-refractivity contribution in [1.82, 2.24) is 5.32 Å². The molecule has 3 nitrogen and oxygen atoms in total. The van der Waals surface area contributed by atoms with Crippen LogP contribution in [0.25, 0.3) is 0 Å². The van der Waals surface area contributed by atoms with Crippen LogP contribution in [0.15, 0.2) is 24.3 Å². The number of nitrogens with one attached hydrogen (secondary N) is 1. The first kappa shape index (κ1) is 11.4. The largest absolute Gasteiger partial charge is 0.508 e. The zero-order chi connectivity index (χ0) is 11.5. The van der Waals surface area contributed by atoms with Gasteiger partial charge in [-0.05, 0) is 56.0 Å². The Morgan fingerprint density at radius 1 is 1.38 bits per heavy atom. The maximum Gasteiger partial charge on any atom is 0.115 e. The summed E-state index contributed by atoms with van der Waals surface area (Å²) in [5.74, 6) is 1.35. The second kappa shape index (κ2) is 4.85. The van der Waals surface area contributed by atoms with Crippen LogP contribution in [-0.2, 0) is 0 Å². The summed E-state index contributed by atoms with van der Waals surface area (Å²) in [5, 5.41) is 12.8. The summed E-state index contributed by atoms with van der Waals surface area (Å²) in [7, 11) is 0. The standard InChI is InChI=1S/C13H20N2O/c1-9-6-13(11(7-14)8-15-9)10-2-4-12(16)5-3-10/h2-5,9,11,13,15-16H,6-8,14H2,1H3. The van der Waals surface area contributed by atoms with E-state index in [-0.39, 0.29) is 0 Å². The van der Waals surface area contributed by atoms with Gasteiger partial charge >= 0.3 is 0 Å². The van der Waals surface area contributed by atoms with E-state index in [0.29, 0.717) is 30.2 Å². The molecule has 1 aliphatic rings. The molecule has 0 radical (unpaired) electrons. The molecule has 3 heteroatoms. The maximum absolute atomic E-state index is 9.29. The number of hydrogen-bond acceptors (Lipinski definition) is 3. The van der Waals surface area contributed by atoms with E-state index in [1.54, 1.807) is 12.1 Å². The molecule has 0 spiro atoms. The molecular formula is C13H20N2O. The minimum atomic E-state index is 0.329. The van der Waals surface area contributed by atoms with Crippen LogP contribution in [0, 0.1) is 5.92 Å². The average molecular weight is 220 g/mol. The van der Waals surface area contributed by atoms with Crippen LogP contribution >= 0.6 is 0 Å². The smallest absolute Gasteiger partial charge is 0.115 e. The van der Waals surface area contributed by atoms with Gasteiger partial charge in [0.1, 0.15) is 5.75 Å². The average Bonchev–Trinajstić information content (AvgIpc) is 2.30. The molecule has 0 aliphatic carbocycles. The van der Waals surface area contributed by atoms with Gasteiger partial charge < -0.3 is 16.2 Å². The lowest BCUT2D eigenvalue weighted by Gasteiger charge is -2.35. The van der Waals surface area contributed by atoms with E-state index in [9.17, 15) is 5.11 Å². The summed E-state index contributed by atoms with van der Waals surface area (Å²) < 4.78 is 0. The van der Waals surface area contributed by atoms with Crippen molar-refractivity contribution in [3.8, 4) is 5.75 Å². The molecule has 4 N–H and O–H groups in total. The monoisotopic (exact) mass is 220 g/mol. The van der Waals surface area contributed by atoms with Crippen molar-refractivity contribution in [2.24, 2.45) is 11.7 Å². The predicted molar refractivity (Wildman–Crippen MR) is 65.5 cm³/mol. The van der Waals surface area contributed by atoms with E-state index < -0.39 is 0 Å². The Kier molecular flexibility index (Phi) is 3.46. The van der Waals surface area contributed by atoms with E-state index in [2.05, 4.69) is 12.2 Å². The van der Waals surface area contributed by atoms with Crippen LogP contribution < -0.4 is 11.1 Å². The van der Waals surface area contributed by atoms with Gasteiger partial charge in [0.2, 0.25) is 0 Å². The molecule has 0 bridgehead atoms. The zero-order valence-corrected chi connectivity index (χ0v) is 9.69. The summed E-state index contributed by atoms with van der Waals surface area (Å²) in [6.07, 6.45) is 1.12. The number of rotatable bonds is 2. The summed E-state index contributed by atoms with van der Waals surface area (Å²) >= 11 is 0. The molecule has 1 fully saturated rings. The second-order valence-corrected chi connectivity index (χ2v) is 4.74. The molecule has 3 unspecified atom stereocenters. The van der Waals surface area contributed by atoms with Crippen molar-refractivity contribution in [2.45, 2.75) is 25.3 Å². The van der Waals surface area contributed by atoms with Gasteiger partial charge in [0.15, 0.2) is 0 Å². The van der Waals surface area contributed by atoms with Crippen molar-refractivity contribution >= 4 is 0 Å². The number of piperidine rings is 1. The third-order valence-electron chi connectivity index (χ3n) is 3.53. The highest BCUT2D eigenvalue weighted by Gasteiger charge is 2.28. The van der Waals surface area contributed by atoms with Gasteiger partial charge in [-0.25, -0.2) is 0 Å². The van der Waals surface area contributed by atoms with Crippen molar-refractivity contribution in [2.75, 3.05) is 13.1 Å². The fourth-order valence-electron chi connectivity index (χ4n) is 2.53. The van der Waals surface area contributed by atoms with Crippen molar-refractivity contribution in [3.05, 3.63) is 29.8 Å². The van der Waals surface area contributed by atoms with Gasteiger partial charge in [-0.2, -0.15) is 0 Å². The van der Waals surface area contributed by atoms with E-state index in [0.717, 1.165) is 13.0 Å². The van der Waals surface area contributed by atoms with Crippen LogP contribution in [0.4, 0.5) is 0 Å². The summed E-state index contributed by atoms with van der Waals surface area (Å²) in [6, 6.07) is 8.09. The van der Waals surface area contributed by atoms with E-state index in [1.165, 1.54) is 5.56 Å². The molecule has 0 saturated carbocycles. The molecule has 1 saturated heterocycles. The minimum absolute atomic E-state index is 0.329. The van der Waals surface area contributed by atoms with Crippen LogP contribution in [0.1, 0.15) is 24.8 Å². The first-order valence-corrected chi connectivity index (χ1v) is 5.93. The highest BCUT2D eigenvalue weighted by atomic mass is 16.3. The molecule has 1 heterocycles. The third-order valence-corrected chi connectivity index (χ3v) is 3.53. The number of hydrogen-bond donors (Lipinski definition) is 3. The Labute approximate surface area is 96.7 Å². The summed E-state index contributed by atoms with van der Waals surface area (Å²) in [5.41, 5.74) is 7.11. The first-order chi connectivity index (χ1) is 7.70. The van der Waals surface area contributed by atoms with Gasteiger partial charge in [-0.1, -0.05) is 12.1 Å². The molecular weight excluding hydrogens is 200 g/mol. The maximum atomic E-state index is 9.29. The van der Waals surface area contributed by atoms with Gasteiger partial charge in [-0.3, -0.25) is 0 Å². The van der Waals surface area contributed by atoms with Crippen LogP contribution in [0.3, 0.4) is 0 Å². The van der Waals surface area contributed by atoms with Gasteiger partial charge in [0.25, 0.3) is 0 Å². The quantitative estimate of drug-likeness (QED) is 0.706. The molecule has 1 aromatic rings. The highest BCUT2D eigenvalue weighted by molar-refractivity contribution is 5.29. The van der Waals surface area contributed by atoms with Gasteiger partial charge in [0, 0.05) is 6.04 Å².